The van der Waals surface area contributed by atoms with E-state index in [2.05, 4.69) is 35.0 Å². The molecule has 31 heavy (non-hydrogen) atoms. The van der Waals surface area contributed by atoms with Crippen molar-refractivity contribution in [3.8, 4) is 5.75 Å². The van der Waals surface area contributed by atoms with Crippen LogP contribution >= 0.6 is 0 Å². The molecule has 1 unspecified atom stereocenters. The van der Waals surface area contributed by atoms with Gasteiger partial charge in [0.1, 0.15) is 12.0 Å². The predicted octanol–water partition coefficient (Wildman–Crippen LogP) is 4.68. The van der Waals surface area contributed by atoms with Crippen LogP contribution in [0.1, 0.15) is 53.3 Å². The summed E-state index contributed by atoms with van der Waals surface area (Å²) in [6.07, 6.45) is 3.60. The third-order valence-corrected chi connectivity index (χ3v) is 5.90. The summed E-state index contributed by atoms with van der Waals surface area (Å²) in [7, 11) is 1.69. The molecule has 0 aliphatic carbocycles. The summed E-state index contributed by atoms with van der Waals surface area (Å²) in [6.45, 7) is 4.92. The third kappa shape index (κ3) is 4.97. The summed E-state index contributed by atoms with van der Waals surface area (Å²) >= 11 is 0. The van der Waals surface area contributed by atoms with Gasteiger partial charge < -0.3 is 14.1 Å². The van der Waals surface area contributed by atoms with Crippen LogP contribution in [0.25, 0.3) is 0 Å². The first kappa shape index (κ1) is 21.1. The highest BCUT2D eigenvalue weighted by atomic mass is 16.5. The van der Waals surface area contributed by atoms with Crippen LogP contribution < -0.4 is 4.74 Å². The minimum absolute atomic E-state index is 0.0418. The molecule has 0 saturated carbocycles. The van der Waals surface area contributed by atoms with Crippen LogP contribution in [-0.2, 0) is 13.1 Å². The lowest BCUT2D eigenvalue weighted by Crippen LogP contribution is -2.28. The molecule has 6 heteroatoms. The quantitative estimate of drug-likeness (QED) is 0.530. The van der Waals surface area contributed by atoms with Crippen LogP contribution in [0, 0.1) is 0 Å². The molecule has 1 aromatic heterocycles. The Hall–Kier alpha value is -3.12. The Kier molecular flexibility index (Phi) is 6.67. The number of hydrogen-bond donors (Lipinski definition) is 0. The van der Waals surface area contributed by atoms with Crippen molar-refractivity contribution in [3.05, 3.63) is 83.6 Å². The first-order valence-corrected chi connectivity index (χ1v) is 10.8. The third-order valence-electron chi connectivity index (χ3n) is 5.90. The molecule has 1 atom stereocenters. The molecule has 162 valence electrons. The second kappa shape index (κ2) is 9.79. The first-order valence-electron chi connectivity index (χ1n) is 10.8. The number of carbonyl (C=O) groups excluding carboxylic acids is 1. The van der Waals surface area contributed by atoms with E-state index in [-0.39, 0.29) is 11.9 Å². The number of nitrogens with zero attached hydrogens (tertiary/aromatic N) is 3. The minimum atomic E-state index is -0.0418. The van der Waals surface area contributed by atoms with Crippen LogP contribution in [0.2, 0.25) is 0 Å². The molecule has 1 saturated heterocycles. The lowest BCUT2D eigenvalue weighted by Gasteiger charge is -2.29. The summed E-state index contributed by atoms with van der Waals surface area (Å²) in [5, 5.41) is 0. The zero-order chi connectivity index (χ0) is 21.6. The van der Waals surface area contributed by atoms with Gasteiger partial charge in [-0.05, 0) is 31.4 Å². The molecule has 2 heterocycles. The summed E-state index contributed by atoms with van der Waals surface area (Å²) < 4.78 is 11.3. The number of amides is 1. The number of hydrogen-bond acceptors (Lipinski definition) is 5. The van der Waals surface area contributed by atoms with Crippen LogP contribution in [0.15, 0.2) is 65.3 Å². The summed E-state index contributed by atoms with van der Waals surface area (Å²) in [5.74, 6) is 1.35. The van der Waals surface area contributed by atoms with Crippen LogP contribution in [0.4, 0.5) is 0 Å². The van der Waals surface area contributed by atoms with Gasteiger partial charge in [-0.3, -0.25) is 9.69 Å². The monoisotopic (exact) mass is 419 g/mol. The van der Waals surface area contributed by atoms with Gasteiger partial charge >= 0.3 is 0 Å². The standard InChI is InChI=1S/C25H29N3O3/c1-19(20-10-4-3-5-11-20)28(16-21-12-6-7-13-23(21)30-2)17-24-26-22(18-31-24)25(29)27-14-8-9-15-27/h3-7,10-13,18-19H,8-9,14-17H2,1-2H3. The van der Waals surface area contributed by atoms with Gasteiger partial charge in [0.15, 0.2) is 5.69 Å². The Balaban J connectivity index is 1.56. The number of rotatable bonds is 8. The maximum atomic E-state index is 12.6. The van der Waals surface area contributed by atoms with Crippen molar-refractivity contribution in [1.29, 1.82) is 0 Å². The van der Waals surface area contributed by atoms with Crippen molar-refractivity contribution < 1.29 is 13.9 Å². The molecule has 1 amide bonds. The number of benzene rings is 2. The molecule has 6 nitrogen and oxygen atoms in total. The average Bonchev–Trinajstić information content (AvgIpc) is 3.51. The van der Waals surface area contributed by atoms with Gasteiger partial charge in [0.2, 0.25) is 5.89 Å². The Morgan fingerprint density at radius 2 is 1.81 bits per heavy atom. The topological polar surface area (TPSA) is 58.8 Å². The number of aromatic nitrogens is 1. The van der Waals surface area contributed by atoms with E-state index < -0.39 is 0 Å². The Bertz CT molecular complexity index is 996. The van der Waals surface area contributed by atoms with Gasteiger partial charge in [-0.2, -0.15) is 0 Å². The fourth-order valence-electron chi connectivity index (χ4n) is 4.06. The highest BCUT2D eigenvalue weighted by molar-refractivity contribution is 5.92. The Morgan fingerprint density at radius 3 is 2.55 bits per heavy atom. The SMILES string of the molecule is COc1ccccc1CN(Cc1nc(C(=O)N2CCCC2)co1)C(C)c1ccccc1. The van der Waals surface area contributed by atoms with E-state index in [4.69, 9.17) is 9.15 Å². The van der Waals surface area contributed by atoms with E-state index in [9.17, 15) is 4.79 Å². The highest BCUT2D eigenvalue weighted by Crippen LogP contribution is 2.28. The molecule has 1 fully saturated rings. The molecule has 1 aliphatic heterocycles. The zero-order valence-corrected chi connectivity index (χ0v) is 18.2. The lowest BCUT2D eigenvalue weighted by atomic mass is 10.1. The Labute approximate surface area is 183 Å². The maximum absolute atomic E-state index is 12.6. The van der Waals surface area contributed by atoms with Gasteiger partial charge in [-0.15, -0.1) is 0 Å². The van der Waals surface area contributed by atoms with Gasteiger partial charge in [-0.1, -0.05) is 48.5 Å². The van der Waals surface area contributed by atoms with Crippen LogP contribution in [0.3, 0.4) is 0 Å². The first-order chi connectivity index (χ1) is 15.2. The molecule has 4 rings (SSSR count). The normalized spacial score (nSPS) is 14.7. The van der Waals surface area contributed by atoms with Crippen LogP contribution in [0.5, 0.6) is 5.75 Å². The number of carbonyl (C=O) groups is 1. The average molecular weight is 420 g/mol. The maximum Gasteiger partial charge on any atom is 0.275 e. The van der Waals surface area contributed by atoms with Crippen molar-refractivity contribution in [2.24, 2.45) is 0 Å². The number of oxazole rings is 1. The second-order valence-electron chi connectivity index (χ2n) is 7.93. The van der Waals surface area contributed by atoms with Crippen molar-refractivity contribution in [2.75, 3.05) is 20.2 Å². The van der Waals surface area contributed by atoms with E-state index >= 15 is 0 Å². The molecule has 1 aliphatic rings. The van der Waals surface area contributed by atoms with Gasteiger partial charge in [0.25, 0.3) is 5.91 Å². The summed E-state index contributed by atoms with van der Waals surface area (Å²) in [6, 6.07) is 18.5. The molecule has 3 aromatic rings. The fourth-order valence-corrected chi connectivity index (χ4v) is 4.06. The molecule has 0 N–H and O–H groups in total. The van der Waals surface area contributed by atoms with Gasteiger partial charge in [-0.25, -0.2) is 4.98 Å². The molecular formula is C25H29N3O3. The van der Waals surface area contributed by atoms with E-state index in [1.165, 1.54) is 11.8 Å². The van der Waals surface area contributed by atoms with Crippen molar-refractivity contribution >= 4 is 5.91 Å². The fraction of sp³-hybridized carbons (Fsp3) is 0.360. The van der Waals surface area contributed by atoms with Gasteiger partial charge in [0.05, 0.1) is 13.7 Å². The smallest absolute Gasteiger partial charge is 0.275 e. The van der Waals surface area contributed by atoms with E-state index in [1.54, 1.807) is 7.11 Å². The number of methoxy groups -OCH3 is 1. The second-order valence-corrected chi connectivity index (χ2v) is 7.93. The van der Waals surface area contributed by atoms with E-state index in [1.807, 2.05) is 41.3 Å². The van der Waals surface area contributed by atoms with Crippen molar-refractivity contribution in [1.82, 2.24) is 14.8 Å². The number of ether oxygens (including phenoxy) is 1. The molecule has 0 radical (unpaired) electrons. The van der Waals surface area contributed by atoms with E-state index in [0.717, 1.165) is 37.2 Å². The molecule has 2 aromatic carbocycles. The van der Waals surface area contributed by atoms with Crippen molar-refractivity contribution in [2.45, 2.75) is 38.9 Å². The number of para-hydroxylation sites is 1. The van der Waals surface area contributed by atoms with Crippen molar-refractivity contribution in [3.63, 3.8) is 0 Å². The molecule has 0 bridgehead atoms. The predicted molar refractivity (Wildman–Crippen MR) is 119 cm³/mol. The Morgan fingerprint density at radius 1 is 1.10 bits per heavy atom. The minimum Gasteiger partial charge on any atom is -0.496 e. The van der Waals surface area contributed by atoms with E-state index in [0.29, 0.717) is 24.7 Å². The summed E-state index contributed by atoms with van der Waals surface area (Å²) in [5.41, 5.74) is 2.69. The lowest BCUT2D eigenvalue weighted by molar-refractivity contribution is 0.0787. The zero-order valence-electron chi connectivity index (χ0n) is 18.2. The molecule has 0 spiro atoms. The largest absolute Gasteiger partial charge is 0.496 e. The van der Waals surface area contributed by atoms with Crippen LogP contribution in [-0.4, -0.2) is 40.9 Å². The number of likely N-dealkylation sites (tertiary alicyclic amines) is 1. The van der Waals surface area contributed by atoms with Gasteiger partial charge in [0, 0.05) is 31.2 Å². The highest BCUT2D eigenvalue weighted by Gasteiger charge is 2.24. The summed E-state index contributed by atoms with van der Waals surface area (Å²) in [4.78, 5) is 21.3. The molecular weight excluding hydrogens is 390 g/mol.